The number of nitrogens with two attached hydrogens (primary N) is 1. The maximum atomic E-state index is 13.8. The second-order valence-electron chi connectivity index (χ2n) is 4.09. The van der Waals surface area contributed by atoms with Gasteiger partial charge in [0.15, 0.2) is 0 Å². The lowest BCUT2D eigenvalue weighted by atomic mass is 10.1. The molecule has 104 valence electrons. The van der Waals surface area contributed by atoms with Crippen LogP contribution in [-0.4, -0.2) is 25.9 Å². The van der Waals surface area contributed by atoms with Crippen LogP contribution in [0.5, 0.6) is 0 Å². The Bertz CT molecular complexity index is 451. The quantitative estimate of drug-likeness (QED) is 0.801. The summed E-state index contributed by atoms with van der Waals surface area (Å²) >= 11 is 0. The van der Waals surface area contributed by atoms with Gasteiger partial charge in [-0.1, -0.05) is 17.9 Å². The van der Waals surface area contributed by atoms with Crippen molar-refractivity contribution in [1.29, 1.82) is 0 Å². The molecule has 0 aliphatic rings. The molecule has 0 radical (unpaired) electrons. The molecule has 1 rings (SSSR count). The molecule has 4 heteroatoms. The molecule has 19 heavy (non-hydrogen) atoms. The van der Waals surface area contributed by atoms with Crippen LogP contribution >= 0.6 is 0 Å². The Hall–Kier alpha value is -1.41. The Kier molecular flexibility index (Phi) is 7.12. The third-order valence-electron chi connectivity index (χ3n) is 2.47. The van der Waals surface area contributed by atoms with Crippen LogP contribution in [0.25, 0.3) is 0 Å². The van der Waals surface area contributed by atoms with Gasteiger partial charge in [-0.25, -0.2) is 4.39 Å². The third kappa shape index (κ3) is 5.84. The van der Waals surface area contributed by atoms with Crippen LogP contribution in [0.3, 0.4) is 0 Å². The highest BCUT2D eigenvalue weighted by atomic mass is 19.1. The van der Waals surface area contributed by atoms with Crippen molar-refractivity contribution in [3.63, 3.8) is 0 Å². The van der Waals surface area contributed by atoms with Crippen LogP contribution in [0.4, 0.5) is 4.39 Å². The number of halogens is 1. The molecule has 1 unspecified atom stereocenters. The maximum Gasteiger partial charge on any atom is 0.129 e. The van der Waals surface area contributed by atoms with E-state index in [-0.39, 0.29) is 25.1 Å². The standard InChI is InChI=1S/C15H20FNO2/c1-3-18-10-12(2)19-11-14-7-6-13(5-4-8-17)9-15(14)16/h6-7,9,12H,3,8,10-11,17H2,1-2H3. The topological polar surface area (TPSA) is 44.5 Å². The Morgan fingerprint density at radius 3 is 2.84 bits per heavy atom. The molecule has 0 saturated heterocycles. The second-order valence-corrected chi connectivity index (χ2v) is 4.09. The average Bonchev–Trinajstić information content (AvgIpc) is 2.41. The molecule has 0 fully saturated rings. The monoisotopic (exact) mass is 265 g/mol. The number of ether oxygens (including phenoxy) is 2. The molecule has 0 aliphatic carbocycles. The molecule has 1 aromatic rings. The zero-order chi connectivity index (χ0) is 14.1. The highest BCUT2D eigenvalue weighted by molar-refractivity contribution is 5.37. The van der Waals surface area contributed by atoms with Crippen LogP contribution in [0.2, 0.25) is 0 Å². The van der Waals surface area contributed by atoms with Crippen molar-refractivity contribution in [3.8, 4) is 11.8 Å². The first-order chi connectivity index (χ1) is 9.17. The Morgan fingerprint density at radius 1 is 1.42 bits per heavy atom. The van der Waals surface area contributed by atoms with Crippen LogP contribution in [0.15, 0.2) is 18.2 Å². The van der Waals surface area contributed by atoms with Gasteiger partial charge in [0.2, 0.25) is 0 Å². The van der Waals surface area contributed by atoms with Crippen molar-refractivity contribution in [1.82, 2.24) is 0 Å². The van der Waals surface area contributed by atoms with E-state index >= 15 is 0 Å². The van der Waals surface area contributed by atoms with Crippen molar-refractivity contribution >= 4 is 0 Å². The first kappa shape index (κ1) is 15.6. The fourth-order valence-corrected chi connectivity index (χ4v) is 1.46. The van der Waals surface area contributed by atoms with E-state index in [0.29, 0.717) is 24.3 Å². The summed E-state index contributed by atoms with van der Waals surface area (Å²) in [6, 6.07) is 4.84. The smallest absolute Gasteiger partial charge is 0.129 e. The van der Waals surface area contributed by atoms with E-state index in [1.807, 2.05) is 13.8 Å². The summed E-state index contributed by atoms with van der Waals surface area (Å²) in [6.07, 6.45) is -0.0592. The Balaban J connectivity index is 2.55. The molecule has 0 saturated carbocycles. The molecule has 3 nitrogen and oxygen atoms in total. The lowest BCUT2D eigenvalue weighted by Crippen LogP contribution is -2.16. The van der Waals surface area contributed by atoms with Gasteiger partial charge in [0.1, 0.15) is 5.82 Å². The van der Waals surface area contributed by atoms with Gasteiger partial charge < -0.3 is 15.2 Å². The lowest BCUT2D eigenvalue weighted by Gasteiger charge is -2.13. The van der Waals surface area contributed by atoms with Crippen LogP contribution in [0, 0.1) is 17.7 Å². The number of rotatable bonds is 6. The minimum absolute atomic E-state index is 0.0592. The molecule has 0 aliphatic heterocycles. The van der Waals surface area contributed by atoms with Gasteiger partial charge in [0.05, 0.1) is 25.9 Å². The molecule has 0 aromatic heterocycles. The number of hydrogen-bond donors (Lipinski definition) is 1. The molecular weight excluding hydrogens is 245 g/mol. The highest BCUT2D eigenvalue weighted by Crippen LogP contribution is 2.12. The minimum atomic E-state index is -0.313. The van der Waals surface area contributed by atoms with E-state index < -0.39 is 0 Å². The zero-order valence-corrected chi connectivity index (χ0v) is 11.4. The number of benzene rings is 1. The molecular formula is C15H20FNO2. The summed E-state index contributed by atoms with van der Waals surface area (Å²) < 4.78 is 24.5. The summed E-state index contributed by atoms with van der Waals surface area (Å²) in [4.78, 5) is 0. The van der Waals surface area contributed by atoms with E-state index in [1.165, 1.54) is 6.07 Å². The van der Waals surface area contributed by atoms with Gasteiger partial charge in [-0.2, -0.15) is 0 Å². The predicted molar refractivity (Wildman–Crippen MR) is 73.1 cm³/mol. The molecule has 2 N–H and O–H groups in total. The van der Waals surface area contributed by atoms with E-state index in [1.54, 1.807) is 12.1 Å². The minimum Gasteiger partial charge on any atom is -0.379 e. The summed E-state index contributed by atoms with van der Waals surface area (Å²) in [5, 5.41) is 0. The molecule has 0 heterocycles. The average molecular weight is 265 g/mol. The lowest BCUT2D eigenvalue weighted by molar-refractivity contribution is -0.0125. The summed E-state index contributed by atoms with van der Waals surface area (Å²) in [6.45, 7) is 5.48. The first-order valence-corrected chi connectivity index (χ1v) is 6.34. The summed E-state index contributed by atoms with van der Waals surface area (Å²) in [5.74, 6) is 5.16. The second kappa shape index (κ2) is 8.65. The van der Waals surface area contributed by atoms with Crippen molar-refractivity contribution in [2.45, 2.75) is 26.6 Å². The van der Waals surface area contributed by atoms with Crippen molar-refractivity contribution in [3.05, 3.63) is 35.1 Å². The van der Waals surface area contributed by atoms with Gasteiger partial charge in [-0.3, -0.25) is 0 Å². The van der Waals surface area contributed by atoms with E-state index in [9.17, 15) is 4.39 Å². The van der Waals surface area contributed by atoms with E-state index in [4.69, 9.17) is 15.2 Å². The normalized spacial score (nSPS) is 11.8. The maximum absolute atomic E-state index is 13.8. The van der Waals surface area contributed by atoms with Crippen LogP contribution in [0.1, 0.15) is 25.0 Å². The van der Waals surface area contributed by atoms with Crippen LogP contribution < -0.4 is 5.73 Å². The Morgan fingerprint density at radius 2 is 2.21 bits per heavy atom. The number of hydrogen-bond acceptors (Lipinski definition) is 3. The van der Waals surface area contributed by atoms with Gasteiger partial charge in [0, 0.05) is 17.7 Å². The summed E-state index contributed by atoms with van der Waals surface area (Å²) in [5.41, 5.74) is 6.40. The third-order valence-corrected chi connectivity index (χ3v) is 2.47. The Labute approximate surface area is 113 Å². The van der Waals surface area contributed by atoms with Crippen molar-refractivity contribution < 1.29 is 13.9 Å². The fraction of sp³-hybridized carbons (Fsp3) is 0.467. The highest BCUT2D eigenvalue weighted by Gasteiger charge is 2.06. The van der Waals surface area contributed by atoms with Gasteiger partial charge in [-0.15, -0.1) is 0 Å². The van der Waals surface area contributed by atoms with E-state index in [2.05, 4.69) is 11.8 Å². The van der Waals surface area contributed by atoms with Gasteiger partial charge in [0.25, 0.3) is 0 Å². The van der Waals surface area contributed by atoms with Crippen molar-refractivity contribution in [2.75, 3.05) is 19.8 Å². The SMILES string of the molecule is CCOCC(C)OCc1ccc(C#CCN)cc1F. The first-order valence-electron chi connectivity index (χ1n) is 6.34. The molecule has 1 atom stereocenters. The van der Waals surface area contributed by atoms with E-state index in [0.717, 1.165) is 0 Å². The zero-order valence-electron chi connectivity index (χ0n) is 11.4. The van der Waals surface area contributed by atoms with Gasteiger partial charge >= 0.3 is 0 Å². The van der Waals surface area contributed by atoms with Gasteiger partial charge in [-0.05, 0) is 26.0 Å². The molecule has 0 spiro atoms. The summed E-state index contributed by atoms with van der Waals surface area (Å²) in [7, 11) is 0. The predicted octanol–water partition coefficient (Wildman–Crippen LogP) is 2.08. The van der Waals surface area contributed by atoms with Crippen LogP contribution in [-0.2, 0) is 16.1 Å². The molecule has 0 amide bonds. The fourth-order valence-electron chi connectivity index (χ4n) is 1.46. The largest absolute Gasteiger partial charge is 0.379 e. The molecule has 0 bridgehead atoms. The molecule has 1 aromatic carbocycles. The van der Waals surface area contributed by atoms with Crippen molar-refractivity contribution in [2.24, 2.45) is 5.73 Å².